The fourth-order valence-electron chi connectivity index (χ4n) is 0.872. The SMILES string of the molecule is O=C(OS)C(S)(S)C(S)(S)S.OC[C@@H](O)[C@@H](O)[C@H](O)[C@@H](O)CO. The van der Waals surface area contributed by atoms with Crippen LogP contribution in [0.5, 0.6) is 0 Å². The van der Waals surface area contributed by atoms with Gasteiger partial charge in [-0.1, -0.05) is 0 Å². The number of aliphatic hydroxyl groups excluding tert-OH is 6. The molecule has 0 spiro atoms. The predicted molar refractivity (Wildman–Crippen MR) is 104 cm³/mol. The number of thiol groups is 6. The Kier molecular flexibility index (Phi) is 13.7. The summed E-state index contributed by atoms with van der Waals surface area (Å²) in [6, 6.07) is 0. The van der Waals surface area contributed by atoms with Gasteiger partial charge in [0.25, 0.3) is 0 Å². The quantitative estimate of drug-likeness (QED) is 0.119. The molecule has 14 heteroatoms. The predicted octanol–water partition coefficient (Wildman–Crippen LogP) is -2.21. The van der Waals surface area contributed by atoms with Gasteiger partial charge in [-0.25, -0.2) is 4.79 Å². The minimum absolute atomic E-state index is 0.726. The fourth-order valence-corrected chi connectivity index (χ4v) is 1.52. The summed E-state index contributed by atoms with van der Waals surface area (Å²) in [6.07, 6.45) is -6.39. The van der Waals surface area contributed by atoms with Crippen molar-refractivity contribution in [2.24, 2.45) is 0 Å². The Morgan fingerprint density at radius 1 is 0.870 bits per heavy atom. The molecule has 0 aromatic rings. The third-order valence-corrected chi connectivity index (χ3v) is 5.61. The molecule has 0 radical (unpaired) electrons. The maximum atomic E-state index is 10.9. The Balaban J connectivity index is 0. The summed E-state index contributed by atoms with van der Waals surface area (Å²) in [5.74, 6) is -0.785. The van der Waals surface area contributed by atoms with E-state index in [0.29, 0.717) is 0 Å². The van der Waals surface area contributed by atoms with Crippen molar-refractivity contribution in [3.8, 4) is 0 Å². The lowest BCUT2D eigenvalue weighted by Gasteiger charge is -2.29. The van der Waals surface area contributed by atoms with Crippen LogP contribution in [0.3, 0.4) is 0 Å². The minimum Gasteiger partial charge on any atom is -0.394 e. The van der Waals surface area contributed by atoms with Gasteiger partial charge in [0.1, 0.15) is 27.8 Å². The maximum Gasteiger partial charge on any atom is 0.347 e. The van der Waals surface area contributed by atoms with Crippen molar-refractivity contribution in [2.75, 3.05) is 13.2 Å². The zero-order chi connectivity index (χ0) is 19.0. The topological polar surface area (TPSA) is 148 Å². The summed E-state index contributed by atoms with van der Waals surface area (Å²) in [7, 11) is 0. The van der Waals surface area contributed by atoms with Gasteiger partial charge in [0, 0.05) is 12.9 Å². The number of hydrogen-bond acceptors (Lipinski definition) is 14. The highest BCUT2D eigenvalue weighted by Crippen LogP contribution is 2.45. The van der Waals surface area contributed by atoms with Crippen molar-refractivity contribution in [3.05, 3.63) is 0 Å². The van der Waals surface area contributed by atoms with Gasteiger partial charge >= 0.3 is 5.97 Å². The Bertz CT molecular complexity index is 337. The van der Waals surface area contributed by atoms with E-state index in [4.69, 9.17) is 30.6 Å². The molecule has 0 unspecified atom stereocenters. The van der Waals surface area contributed by atoms with E-state index in [1.165, 1.54) is 0 Å². The first kappa shape index (κ1) is 26.6. The number of hydrogen-bond donors (Lipinski definition) is 12. The molecule has 0 aromatic carbocycles. The lowest BCUT2D eigenvalue weighted by atomic mass is 10.0. The molecule has 0 aliphatic carbocycles. The van der Waals surface area contributed by atoms with Gasteiger partial charge in [0.15, 0.2) is 4.08 Å². The largest absolute Gasteiger partial charge is 0.394 e. The molecule has 0 amide bonds. The van der Waals surface area contributed by atoms with E-state index in [0.717, 1.165) is 0 Å². The van der Waals surface area contributed by atoms with Gasteiger partial charge in [-0.3, -0.25) is 0 Å². The molecule has 23 heavy (non-hydrogen) atoms. The van der Waals surface area contributed by atoms with Gasteiger partial charge in [-0.15, -0.1) is 63.1 Å². The highest BCUT2D eigenvalue weighted by Gasteiger charge is 2.47. The van der Waals surface area contributed by atoms with E-state index in [1.807, 2.05) is 0 Å². The van der Waals surface area contributed by atoms with E-state index in [-0.39, 0.29) is 0 Å². The van der Waals surface area contributed by atoms with Gasteiger partial charge in [0.2, 0.25) is 0 Å². The zero-order valence-electron chi connectivity index (χ0n) is 11.4. The second kappa shape index (κ2) is 11.9. The van der Waals surface area contributed by atoms with Crippen molar-refractivity contribution in [1.82, 2.24) is 0 Å². The van der Waals surface area contributed by atoms with Crippen molar-refractivity contribution in [3.63, 3.8) is 0 Å². The highest BCUT2D eigenvalue weighted by atomic mass is 32.2. The second-order valence-corrected chi connectivity index (χ2v) is 9.12. The first-order valence-electron chi connectivity index (χ1n) is 5.69. The van der Waals surface area contributed by atoms with Crippen LogP contribution in [-0.2, 0) is 8.98 Å². The van der Waals surface area contributed by atoms with Gasteiger partial charge in [-0.05, 0) is 0 Å². The standard InChI is InChI=1S/C6H14O6.C3H6O2S6/c7-1-3(9)5(11)6(12)4(10)2-8;4-1(5-11)2(6,7)3(8,9)10/h3-12H,1-2H2;6-11H/t3-,4+,5-,6-;/m1./s1. The molecular formula is C9H20O8S6. The van der Waals surface area contributed by atoms with E-state index in [1.54, 1.807) is 0 Å². The number of aliphatic hydroxyl groups is 6. The monoisotopic (exact) mass is 448 g/mol. The number of carbonyl (C=O) groups excluding carboxylic acids is 1. The molecular weight excluding hydrogens is 428 g/mol. The van der Waals surface area contributed by atoms with E-state index >= 15 is 0 Å². The molecule has 8 nitrogen and oxygen atoms in total. The summed E-state index contributed by atoms with van der Waals surface area (Å²) in [5.41, 5.74) is 0. The molecule has 0 saturated carbocycles. The van der Waals surface area contributed by atoms with Crippen LogP contribution in [0.15, 0.2) is 0 Å². The molecule has 0 heterocycles. The van der Waals surface area contributed by atoms with E-state index in [2.05, 4.69) is 80.2 Å². The molecule has 0 rings (SSSR count). The molecule has 0 aliphatic heterocycles. The van der Waals surface area contributed by atoms with Crippen LogP contribution in [-0.4, -0.2) is 81.7 Å². The fraction of sp³-hybridized carbons (Fsp3) is 0.889. The third kappa shape index (κ3) is 9.01. The molecule has 0 aromatic heterocycles. The average Bonchev–Trinajstić information content (AvgIpc) is 2.50. The first-order valence-corrected chi connectivity index (χ1v) is 8.29. The molecule has 140 valence electrons. The van der Waals surface area contributed by atoms with Crippen LogP contribution < -0.4 is 0 Å². The van der Waals surface area contributed by atoms with Gasteiger partial charge in [0.05, 0.1) is 13.2 Å². The normalized spacial score (nSPS) is 17.4. The molecule has 0 fully saturated rings. The number of carbonyl (C=O) groups is 1. The van der Waals surface area contributed by atoms with Crippen LogP contribution in [0, 0.1) is 0 Å². The molecule has 0 bridgehead atoms. The van der Waals surface area contributed by atoms with E-state index in [9.17, 15) is 4.79 Å². The van der Waals surface area contributed by atoms with Gasteiger partial charge < -0.3 is 34.8 Å². The maximum absolute atomic E-state index is 10.9. The highest BCUT2D eigenvalue weighted by molar-refractivity contribution is 8.20. The molecule has 4 atom stereocenters. The van der Waals surface area contributed by atoms with Crippen molar-refractivity contribution in [1.29, 1.82) is 0 Å². The van der Waals surface area contributed by atoms with Crippen molar-refractivity contribution in [2.45, 2.75) is 31.9 Å². The Morgan fingerprint density at radius 2 is 1.17 bits per heavy atom. The zero-order valence-corrected chi connectivity index (χ0v) is 16.8. The Hall–Kier alpha value is 1.33. The second-order valence-electron chi connectivity index (χ2n) is 4.17. The lowest BCUT2D eigenvalue weighted by molar-refractivity contribution is -0.132. The van der Waals surface area contributed by atoms with Crippen LogP contribution >= 0.6 is 76.1 Å². The van der Waals surface area contributed by atoms with Crippen molar-refractivity contribution >= 4 is 82.0 Å². The summed E-state index contributed by atoms with van der Waals surface area (Å²) >= 11 is 22.6. The summed E-state index contributed by atoms with van der Waals surface area (Å²) in [6.45, 7) is -1.45. The third-order valence-electron chi connectivity index (χ3n) is 2.35. The Morgan fingerprint density at radius 3 is 1.30 bits per heavy atom. The minimum atomic E-state index is -1.67. The lowest BCUT2D eigenvalue weighted by Crippen LogP contribution is -2.46. The first-order chi connectivity index (χ1) is 10.3. The van der Waals surface area contributed by atoms with Crippen LogP contribution in [0.1, 0.15) is 0 Å². The number of rotatable bonds is 7. The average molecular weight is 449 g/mol. The summed E-state index contributed by atoms with van der Waals surface area (Å²) < 4.78 is 1.30. The van der Waals surface area contributed by atoms with Crippen LogP contribution in [0.4, 0.5) is 0 Å². The molecule has 6 N–H and O–H groups in total. The summed E-state index contributed by atoms with van der Waals surface area (Å²) in [5, 5.41) is 52.2. The smallest absolute Gasteiger partial charge is 0.347 e. The van der Waals surface area contributed by atoms with Crippen LogP contribution in [0.25, 0.3) is 0 Å². The van der Waals surface area contributed by atoms with Gasteiger partial charge in [-0.2, -0.15) is 0 Å². The van der Waals surface area contributed by atoms with Crippen molar-refractivity contribution < 1.29 is 39.6 Å². The van der Waals surface area contributed by atoms with E-state index < -0.39 is 51.1 Å². The van der Waals surface area contributed by atoms with Crippen LogP contribution in [0.2, 0.25) is 0 Å². The summed E-state index contributed by atoms with van der Waals surface area (Å²) in [4.78, 5) is 10.9. The molecule has 0 saturated heterocycles. The molecule has 0 aliphatic rings. The Labute approximate surface area is 166 Å².